The van der Waals surface area contributed by atoms with E-state index in [2.05, 4.69) is 188 Å². The molecule has 14 rings (SSSR count). The first kappa shape index (κ1) is 33.5. The summed E-state index contributed by atoms with van der Waals surface area (Å²) >= 11 is 0. The Morgan fingerprint density at radius 1 is 0.419 bits per heavy atom. The summed E-state index contributed by atoms with van der Waals surface area (Å²) in [6.07, 6.45) is 12.6. The van der Waals surface area contributed by atoms with E-state index in [1.165, 1.54) is 49.2 Å². The molecule has 6 aromatic heterocycles. The fourth-order valence-electron chi connectivity index (χ4n) is 10.3. The van der Waals surface area contributed by atoms with Crippen LogP contribution < -0.4 is 0 Å². The fraction of sp³-hybridized carbons (Fsp3) is 0.0370. The van der Waals surface area contributed by atoms with Gasteiger partial charge in [0, 0.05) is 54.5 Å². The molecule has 8 nitrogen and oxygen atoms in total. The Morgan fingerprint density at radius 2 is 1.03 bits per heavy atom. The molecule has 1 aliphatic rings. The number of allylic oxidation sites excluding steroid dienone is 4. The standard InChI is InChI=1S/C54H34N8/c1-3-15-33(16-4-1)59-43-23-11-8-20-36(43)40-30-49-41(29-48(40)59)37-21-9-13-25-45(37)61(49)50-32-55-53-42(57-50)31-56-54(58-53)62-46-26-14-10-22-39(46)51-47(62)28-27-38-35-19-7-12-24-44(35)60(52(38)51)34-17-5-2-6-18-34/h1,3-5,7-32H,2,6H2. The van der Waals surface area contributed by atoms with E-state index in [0.29, 0.717) is 22.9 Å². The molecule has 1 aliphatic carbocycles. The van der Waals surface area contributed by atoms with Gasteiger partial charge < -0.3 is 9.13 Å². The molecular weight excluding hydrogens is 761 g/mol. The molecule has 0 radical (unpaired) electrons. The lowest BCUT2D eigenvalue weighted by molar-refractivity contribution is 0.985. The van der Waals surface area contributed by atoms with E-state index in [1.807, 2.05) is 12.4 Å². The molecule has 13 aromatic rings. The zero-order valence-corrected chi connectivity index (χ0v) is 33.3. The van der Waals surface area contributed by atoms with E-state index in [4.69, 9.17) is 19.9 Å². The molecule has 0 fully saturated rings. The van der Waals surface area contributed by atoms with Gasteiger partial charge in [-0.2, -0.15) is 4.98 Å². The van der Waals surface area contributed by atoms with Crippen LogP contribution in [0.5, 0.6) is 0 Å². The molecule has 0 saturated carbocycles. The van der Waals surface area contributed by atoms with Gasteiger partial charge in [0.2, 0.25) is 5.95 Å². The molecule has 290 valence electrons. The smallest absolute Gasteiger partial charge is 0.236 e. The van der Waals surface area contributed by atoms with Crippen molar-refractivity contribution in [1.82, 2.24) is 38.2 Å². The second-order valence-electron chi connectivity index (χ2n) is 16.2. The number of hydrogen-bond acceptors (Lipinski definition) is 4. The molecule has 0 aliphatic heterocycles. The normalized spacial score (nSPS) is 13.4. The fourth-order valence-corrected chi connectivity index (χ4v) is 10.3. The maximum atomic E-state index is 5.23. The molecule has 8 heteroatoms. The third kappa shape index (κ3) is 4.55. The van der Waals surface area contributed by atoms with Crippen molar-refractivity contribution < 1.29 is 0 Å². The van der Waals surface area contributed by atoms with E-state index in [1.54, 1.807) is 0 Å². The van der Waals surface area contributed by atoms with Crippen molar-refractivity contribution in [2.75, 3.05) is 0 Å². The molecule has 0 N–H and O–H groups in total. The van der Waals surface area contributed by atoms with E-state index < -0.39 is 0 Å². The Morgan fingerprint density at radius 3 is 1.74 bits per heavy atom. The summed E-state index contributed by atoms with van der Waals surface area (Å²) in [7, 11) is 0. The van der Waals surface area contributed by atoms with Crippen LogP contribution in [0.2, 0.25) is 0 Å². The molecule has 0 amide bonds. The van der Waals surface area contributed by atoms with Gasteiger partial charge in [0.05, 0.1) is 56.5 Å². The molecule has 0 atom stereocenters. The SMILES string of the molecule is C1=CC(n2c3ccccc3c3ccc4c(c5ccccc5n4-c4ncc5nc(-n6c7ccccc7c7cc8c(cc76)c6ccccc6n8-c6ccccc6)cnc5n4)c32)=CCC1. The molecule has 62 heavy (non-hydrogen) atoms. The van der Waals surface area contributed by atoms with Crippen molar-refractivity contribution in [3.8, 4) is 17.5 Å². The maximum Gasteiger partial charge on any atom is 0.236 e. The van der Waals surface area contributed by atoms with Crippen LogP contribution in [0, 0.1) is 0 Å². The lowest BCUT2D eigenvalue weighted by Crippen LogP contribution is -2.04. The summed E-state index contributed by atoms with van der Waals surface area (Å²) in [5, 5.41) is 9.46. The van der Waals surface area contributed by atoms with Gasteiger partial charge in [0.1, 0.15) is 5.52 Å². The summed E-state index contributed by atoms with van der Waals surface area (Å²) in [5.74, 6) is 1.27. The van der Waals surface area contributed by atoms with Gasteiger partial charge >= 0.3 is 0 Å². The highest BCUT2D eigenvalue weighted by Crippen LogP contribution is 2.43. The highest BCUT2D eigenvalue weighted by atomic mass is 15.2. The first-order valence-electron chi connectivity index (χ1n) is 21.1. The van der Waals surface area contributed by atoms with Crippen LogP contribution in [0.4, 0.5) is 0 Å². The van der Waals surface area contributed by atoms with Crippen LogP contribution in [0.15, 0.2) is 182 Å². The Kier molecular flexibility index (Phi) is 6.79. The zero-order chi connectivity index (χ0) is 40.5. The molecule has 0 unspecified atom stereocenters. The average molecular weight is 795 g/mol. The molecule has 6 heterocycles. The van der Waals surface area contributed by atoms with Crippen LogP contribution in [0.1, 0.15) is 12.8 Å². The average Bonchev–Trinajstić information content (AvgIpc) is 4.06. The van der Waals surface area contributed by atoms with E-state index >= 15 is 0 Å². The van der Waals surface area contributed by atoms with Gasteiger partial charge in [-0.3, -0.25) is 9.13 Å². The Bertz CT molecular complexity index is 4100. The van der Waals surface area contributed by atoms with Crippen LogP contribution in [0.3, 0.4) is 0 Å². The number of rotatable bonds is 4. The monoisotopic (exact) mass is 794 g/mol. The number of nitrogens with zero attached hydrogens (tertiary/aromatic N) is 8. The van der Waals surface area contributed by atoms with E-state index in [-0.39, 0.29) is 0 Å². The van der Waals surface area contributed by atoms with Crippen molar-refractivity contribution >= 4 is 104 Å². The summed E-state index contributed by atoms with van der Waals surface area (Å²) in [6, 6.07) is 54.2. The van der Waals surface area contributed by atoms with E-state index in [9.17, 15) is 0 Å². The highest BCUT2D eigenvalue weighted by molar-refractivity contribution is 6.26. The van der Waals surface area contributed by atoms with Crippen LogP contribution in [-0.2, 0) is 0 Å². The molecule has 7 aromatic carbocycles. The summed E-state index contributed by atoms with van der Waals surface area (Å²) < 4.78 is 9.21. The molecule has 0 bridgehead atoms. The number of hydrogen-bond donors (Lipinski definition) is 0. The maximum absolute atomic E-state index is 5.23. The summed E-state index contributed by atoms with van der Waals surface area (Å²) in [4.78, 5) is 20.4. The predicted octanol–water partition coefficient (Wildman–Crippen LogP) is 13.0. The van der Waals surface area contributed by atoms with Crippen molar-refractivity contribution in [3.05, 3.63) is 182 Å². The van der Waals surface area contributed by atoms with Gasteiger partial charge in [-0.05, 0) is 73.5 Å². The van der Waals surface area contributed by atoms with Crippen LogP contribution in [0.25, 0.3) is 122 Å². The predicted molar refractivity (Wildman–Crippen MR) is 254 cm³/mol. The first-order valence-corrected chi connectivity index (χ1v) is 21.1. The van der Waals surface area contributed by atoms with Crippen molar-refractivity contribution in [3.63, 3.8) is 0 Å². The number of para-hydroxylation sites is 5. The van der Waals surface area contributed by atoms with Gasteiger partial charge in [-0.1, -0.05) is 109 Å². The highest BCUT2D eigenvalue weighted by Gasteiger charge is 2.23. The van der Waals surface area contributed by atoms with Crippen molar-refractivity contribution in [2.45, 2.75) is 12.8 Å². The molecule has 0 spiro atoms. The Balaban J connectivity index is 0.969. The van der Waals surface area contributed by atoms with Gasteiger partial charge in [-0.15, -0.1) is 0 Å². The van der Waals surface area contributed by atoms with Crippen molar-refractivity contribution in [1.29, 1.82) is 0 Å². The number of aromatic nitrogens is 8. The molecule has 0 saturated heterocycles. The largest absolute Gasteiger partial charge is 0.309 e. The minimum Gasteiger partial charge on any atom is -0.309 e. The Labute approximate surface area is 353 Å². The molecular formula is C54H34N8. The lowest BCUT2D eigenvalue weighted by atomic mass is 10.1. The summed E-state index contributed by atoms with van der Waals surface area (Å²) in [6.45, 7) is 0. The lowest BCUT2D eigenvalue weighted by Gasteiger charge is -2.13. The van der Waals surface area contributed by atoms with Gasteiger partial charge in [-0.25, -0.2) is 15.0 Å². The van der Waals surface area contributed by atoms with Gasteiger partial charge in [0.15, 0.2) is 11.5 Å². The second kappa shape index (κ2) is 12.6. The van der Waals surface area contributed by atoms with Crippen LogP contribution >= 0.6 is 0 Å². The second-order valence-corrected chi connectivity index (χ2v) is 16.2. The quantitative estimate of drug-likeness (QED) is 0.178. The van der Waals surface area contributed by atoms with Crippen LogP contribution in [-0.4, -0.2) is 38.2 Å². The third-order valence-electron chi connectivity index (χ3n) is 12.9. The van der Waals surface area contributed by atoms with Gasteiger partial charge in [0.25, 0.3) is 0 Å². The minimum absolute atomic E-state index is 0.534. The zero-order valence-electron chi connectivity index (χ0n) is 33.3. The topological polar surface area (TPSA) is 71.3 Å². The summed E-state index contributed by atoms with van der Waals surface area (Å²) in [5.41, 5.74) is 12.4. The third-order valence-corrected chi connectivity index (χ3v) is 12.9. The first-order chi connectivity index (χ1) is 30.8. The Hall–Kier alpha value is -8.36. The van der Waals surface area contributed by atoms with E-state index in [0.717, 1.165) is 62.3 Å². The minimum atomic E-state index is 0.534. The van der Waals surface area contributed by atoms with Crippen molar-refractivity contribution in [2.24, 2.45) is 0 Å². The number of fused-ring (bicyclic) bond motifs is 14. The number of benzene rings is 7.